The van der Waals surface area contributed by atoms with Crippen LogP contribution in [0.2, 0.25) is 0 Å². The Morgan fingerprint density at radius 1 is 1.18 bits per heavy atom. The molecule has 1 rings (SSSR count). The van der Waals surface area contributed by atoms with Gasteiger partial charge < -0.3 is 14.6 Å². The number of methoxy groups -OCH3 is 2. The topological polar surface area (TPSA) is 102 Å². The average molecular weight is 331 g/mol. The van der Waals surface area contributed by atoms with Gasteiger partial charge in [0.05, 0.1) is 14.2 Å². The molecule has 0 spiro atoms. The number of carboxylic acids is 1. The first-order chi connectivity index (χ1) is 10.0. The second-order valence-corrected chi connectivity index (χ2v) is 7.40. The van der Waals surface area contributed by atoms with Gasteiger partial charge in [-0.1, -0.05) is 26.8 Å². The van der Waals surface area contributed by atoms with Gasteiger partial charge in [0, 0.05) is 0 Å². The highest BCUT2D eigenvalue weighted by Gasteiger charge is 2.37. The second kappa shape index (κ2) is 6.53. The van der Waals surface area contributed by atoms with E-state index >= 15 is 0 Å². The molecule has 124 valence electrons. The van der Waals surface area contributed by atoms with E-state index in [0.29, 0.717) is 0 Å². The smallest absolute Gasteiger partial charge is 0.322 e. The van der Waals surface area contributed by atoms with E-state index in [0.717, 1.165) is 0 Å². The zero-order valence-electron chi connectivity index (χ0n) is 13.2. The van der Waals surface area contributed by atoms with Gasteiger partial charge in [0.15, 0.2) is 4.90 Å². The van der Waals surface area contributed by atoms with Crippen molar-refractivity contribution in [2.75, 3.05) is 14.2 Å². The number of aliphatic carboxylic acids is 1. The van der Waals surface area contributed by atoms with Gasteiger partial charge in [-0.2, -0.15) is 4.72 Å². The van der Waals surface area contributed by atoms with E-state index in [1.54, 1.807) is 26.8 Å². The Morgan fingerprint density at radius 2 is 1.64 bits per heavy atom. The summed E-state index contributed by atoms with van der Waals surface area (Å²) in [7, 11) is -1.50. The van der Waals surface area contributed by atoms with Crippen LogP contribution >= 0.6 is 0 Å². The lowest BCUT2D eigenvalue weighted by Crippen LogP contribution is -2.49. The summed E-state index contributed by atoms with van der Waals surface area (Å²) in [6.45, 7) is 4.90. The van der Waals surface area contributed by atoms with E-state index in [4.69, 9.17) is 9.47 Å². The number of rotatable bonds is 6. The summed E-state index contributed by atoms with van der Waals surface area (Å²) in [5.74, 6) is -1.11. The summed E-state index contributed by atoms with van der Waals surface area (Å²) in [5.41, 5.74) is -0.811. The third-order valence-electron chi connectivity index (χ3n) is 3.04. The van der Waals surface area contributed by atoms with Crippen molar-refractivity contribution >= 4 is 16.0 Å². The molecule has 0 unspecified atom stereocenters. The number of sulfonamides is 1. The molecular weight excluding hydrogens is 310 g/mol. The minimum atomic E-state index is -4.15. The van der Waals surface area contributed by atoms with E-state index in [-0.39, 0.29) is 16.4 Å². The van der Waals surface area contributed by atoms with Crippen molar-refractivity contribution in [1.29, 1.82) is 0 Å². The summed E-state index contributed by atoms with van der Waals surface area (Å²) in [4.78, 5) is 11.1. The third kappa shape index (κ3) is 3.89. The van der Waals surface area contributed by atoms with Gasteiger partial charge in [-0.25, -0.2) is 8.42 Å². The molecule has 0 radical (unpaired) electrons. The Hall–Kier alpha value is -1.80. The number of hydrogen-bond donors (Lipinski definition) is 2. The van der Waals surface area contributed by atoms with Crippen LogP contribution in [0.1, 0.15) is 20.8 Å². The number of carbonyl (C=O) groups is 1. The second-order valence-electron chi connectivity index (χ2n) is 5.75. The van der Waals surface area contributed by atoms with Crippen molar-refractivity contribution in [3.63, 3.8) is 0 Å². The third-order valence-corrected chi connectivity index (χ3v) is 4.52. The molecule has 8 heteroatoms. The predicted octanol–water partition coefficient (Wildman–Crippen LogP) is 1.48. The fraction of sp³-hybridized carbons (Fsp3) is 0.500. The Balaban J connectivity index is 3.39. The van der Waals surface area contributed by atoms with E-state index in [2.05, 4.69) is 4.72 Å². The van der Waals surface area contributed by atoms with Crippen molar-refractivity contribution in [1.82, 2.24) is 4.72 Å². The zero-order chi connectivity index (χ0) is 17.1. The van der Waals surface area contributed by atoms with Crippen LogP contribution in [0.4, 0.5) is 0 Å². The van der Waals surface area contributed by atoms with Crippen LogP contribution in [-0.2, 0) is 14.8 Å². The molecule has 0 bridgehead atoms. The summed E-state index contributed by atoms with van der Waals surface area (Å²) in [5, 5.41) is 9.28. The molecule has 7 nitrogen and oxygen atoms in total. The van der Waals surface area contributed by atoms with Crippen LogP contribution in [0.5, 0.6) is 11.5 Å². The van der Waals surface area contributed by atoms with Gasteiger partial charge in [0.2, 0.25) is 10.0 Å². The maximum Gasteiger partial charge on any atom is 0.322 e. The molecule has 0 aliphatic heterocycles. The summed E-state index contributed by atoms with van der Waals surface area (Å²) >= 11 is 0. The molecule has 1 atom stereocenters. The van der Waals surface area contributed by atoms with E-state index in [1.807, 2.05) is 0 Å². The van der Waals surface area contributed by atoms with Gasteiger partial charge in [-0.15, -0.1) is 0 Å². The minimum absolute atomic E-state index is 0.0740. The van der Waals surface area contributed by atoms with Crippen molar-refractivity contribution in [2.24, 2.45) is 5.41 Å². The van der Waals surface area contributed by atoms with Crippen molar-refractivity contribution in [3.05, 3.63) is 18.2 Å². The monoisotopic (exact) mass is 331 g/mol. The minimum Gasteiger partial charge on any atom is -0.495 e. The van der Waals surface area contributed by atoms with Crippen LogP contribution in [0.3, 0.4) is 0 Å². The summed E-state index contributed by atoms with van der Waals surface area (Å²) < 4.78 is 37.6. The zero-order valence-corrected chi connectivity index (χ0v) is 14.0. The normalized spacial score (nSPS) is 13.5. The average Bonchev–Trinajstić information content (AvgIpc) is 2.42. The lowest BCUT2D eigenvalue weighted by atomic mass is 9.88. The Labute approximate surface area is 130 Å². The Kier molecular flexibility index (Phi) is 5.42. The molecule has 2 N–H and O–H groups in total. The Bertz CT molecular complexity index is 626. The molecule has 0 aliphatic rings. The number of benzene rings is 1. The van der Waals surface area contributed by atoms with Crippen LogP contribution in [0.25, 0.3) is 0 Å². The van der Waals surface area contributed by atoms with Crippen molar-refractivity contribution < 1.29 is 27.8 Å². The predicted molar refractivity (Wildman–Crippen MR) is 80.7 cm³/mol. The quantitative estimate of drug-likeness (QED) is 0.818. The molecule has 0 saturated heterocycles. The van der Waals surface area contributed by atoms with Crippen LogP contribution in [-0.4, -0.2) is 39.8 Å². The van der Waals surface area contributed by atoms with E-state index in [9.17, 15) is 18.3 Å². The number of nitrogens with one attached hydrogen (secondary N) is 1. The molecule has 0 heterocycles. The van der Waals surface area contributed by atoms with Crippen LogP contribution in [0, 0.1) is 5.41 Å². The largest absolute Gasteiger partial charge is 0.495 e. The molecule has 0 aliphatic carbocycles. The Morgan fingerprint density at radius 3 is 1.95 bits per heavy atom. The standard InChI is InChI=1S/C14H21NO6S/c1-14(2,3)12(13(16)17)15-22(18,19)11-9(20-4)7-6-8-10(11)21-5/h6-8,12,15H,1-5H3,(H,16,17)/t12-/m1/s1. The van der Waals surface area contributed by atoms with Crippen LogP contribution < -0.4 is 14.2 Å². The van der Waals surface area contributed by atoms with E-state index < -0.39 is 27.4 Å². The van der Waals surface area contributed by atoms with Gasteiger partial charge in [-0.3, -0.25) is 4.79 Å². The SMILES string of the molecule is COc1cccc(OC)c1S(=O)(=O)N[C@H](C(=O)O)C(C)(C)C. The first kappa shape index (κ1) is 18.2. The lowest BCUT2D eigenvalue weighted by Gasteiger charge is -2.28. The van der Waals surface area contributed by atoms with Crippen LogP contribution in [0.15, 0.2) is 23.1 Å². The number of carboxylic acid groups (broad SMARTS) is 1. The fourth-order valence-corrected chi connectivity index (χ4v) is 3.61. The highest BCUT2D eigenvalue weighted by atomic mass is 32.2. The highest BCUT2D eigenvalue weighted by Crippen LogP contribution is 2.33. The molecule has 0 saturated carbocycles. The molecule has 0 fully saturated rings. The number of ether oxygens (including phenoxy) is 2. The molecule has 0 aromatic heterocycles. The van der Waals surface area contributed by atoms with Gasteiger partial charge in [0.1, 0.15) is 17.5 Å². The van der Waals surface area contributed by atoms with E-state index in [1.165, 1.54) is 26.4 Å². The molecule has 22 heavy (non-hydrogen) atoms. The molecular formula is C14H21NO6S. The molecule has 0 amide bonds. The molecule has 1 aromatic carbocycles. The molecule has 1 aromatic rings. The van der Waals surface area contributed by atoms with Crippen molar-refractivity contribution in [3.8, 4) is 11.5 Å². The fourth-order valence-electron chi connectivity index (χ4n) is 1.89. The maximum atomic E-state index is 12.6. The first-order valence-corrected chi connectivity index (χ1v) is 7.99. The first-order valence-electron chi connectivity index (χ1n) is 6.50. The van der Waals surface area contributed by atoms with Crippen molar-refractivity contribution in [2.45, 2.75) is 31.7 Å². The highest BCUT2D eigenvalue weighted by molar-refractivity contribution is 7.89. The lowest BCUT2D eigenvalue weighted by molar-refractivity contribution is -0.141. The number of hydrogen-bond acceptors (Lipinski definition) is 5. The maximum absolute atomic E-state index is 12.6. The van der Waals surface area contributed by atoms with Gasteiger partial charge >= 0.3 is 5.97 Å². The van der Waals surface area contributed by atoms with Gasteiger partial charge in [-0.05, 0) is 17.5 Å². The van der Waals surface area contributed by atoms with Gasteiger partial charge in [0.25, 0.3) is 0 Å². The summed E-state index contributed by atoms with van der Waals surface area (Å²) in [6, 6.07) is 3.20. The summed E-state index contributed by atoms with van der Waals surface area (Å²) in [6.07, 6.45) is 0.